The summed E-state index contributed by atoms with van der Waals surface area (Å²) < 4.78 is 0. The van der Waals surface area contributed by atoms with Gasteiger partial charge in [0.2, 0.25) is 5.91 Å². The third-order valence-electron chi connectivity index (χ3n) is 4.81. The Morgan fingerprint density at radius 2 is 1.30 bits per heavy atom. The molecule has 0 fully saturated rings. The van der Waals surface area contributed by atoms with Gasteiger partial charge in [-0.3, -0.25) is 9.69 Å². The number of hydrogen-bond acceptors (Lipinski definition) is 2. The van der Waals surface area contributed by atoms with Crippen LogP contribution < -0.4 is 5.32 Å². The van der Waals surface area contributed by atoms with Gasteiger partial charge in [-0.2, -0.15) is 0 Å². The van der Waals surface area contributed by atoms with Crippen LogP contribution in [0.3, 0.4) is 0 Å². The molecule has 0 atom stereocenters. The van der Waals surface area contributed by atoms with Gasteiger partial charge in [0.25, 0.3) is 0 Å². The number of aryl methyl sites for hydroxylation is 2. The maximum Gasteiger partial charge on any atom is 0.238 e. The molecular formula is C24H26N2O. The molecule has 27 heavy (non-hydrogen) atoms. The molecule has 3 aromatic carbocycles. The van der Waals surface area contributed by atoms with Gasteiger partial charge in [0.05, 0.1) is 12.6 Å². The lowest BCUT2D eigenvalue weighted by molar-refractivity contribution is -0.117. The predicted octanol–water partition coefficient (Wildman–Crippen LogP) is 4.96. The van der Waals surface area contributed by atoms with Crippen LogP contribution in [0.25, 0.3) is 0 Å². The Balaban J connectivity index is 1.80. The molecule has 3 aromatic rings. The van der Waals surface area contributed by atoms with E-state index in [1.54, 1.807) is 0 Å². The van der Waals surface area contributed by atoms with Crippen molar-refractivity contribution in [2.75, 3.05) is 18.9 Å². The molecule has 3 nitrogen and oxygen atoms in total. The fourth-order valence-electron chi connectivity index (χ4n) is 3.48. The predicted molar refractivity (Wildman–Crippen MR) is 112 cm³/mol. The Morgan fingerprint density at radius 3 is 1.78 bits per heavy atom. The van der Waals surface area contributed by atoms with E-state index in [2.05, 4.69) is 34.5 Å². The van der Waals surface area contributed by atoms with E-state index < -0.39 is 0 Å². The molecule has 3 heteroatoms. The normalized spacial score (nSPS) is 11.0. The van der Waals surface area contributed by atoms with Crippen molar-refractivity contribution in [1.82, 2.24) is 4.90 Å². The lowest BCUT2D eigenvalue weighted by Crippen LogP contribution is -2.34. The van der Waals surface area contributed by atoms with Crippen LogP contribution in [-0.4, -0.2) is 24.4 Å². The number of benzene rings is 3. The van der Waals surface area contributed by atoms with Gasteiger partial charge in [0.15, 0.2) is 0 Å². The SMILES string of the molecule is Cc1cccc(C)c1NC(=O)CN(C)C(c1ccccc1)c1ccccc1. The highest BCUT2D eigenvalue weighted by Gasteiger charge is 2.21. The molecular weight excluding hydrogens is 332 g/mol. The van der Waals surface area contributed by atoms with Gasteiger partial charge in [0, 0.05) is 5.69 Å². The Morgan fingerprint density at radius 1 is 0.815 bits per heavy atom. The van der Waals surface area contributed by atoms with E-state index in [1.165, 1.54) is 11.1 Å². The Kier molecular flexibility index (Phi) is 6.05. The molecule has 0 aliphatic heterocycles. The molecule has 0 spiro atoms. The quantitative estimate of drug-likeness (QED) is 0.675. The number of rotatable bonds is 6. The van der Waals surface area contributed by atoms with E-state index in [0.29, 0.717) is 6.54 Å². The summed E-state index contributed by atoms with van der Waals surface area (Å²) in [5, 5.41) is 3.09. The first kappa shape index (κ1) is 18.9. The van der Waals surface area contributed by atoms with Crippen molar-refractivity contribution in [1.29, 1.82) is 0 Å². The van der Waals surface area contributed by atoms with Crippen molar-refractivity contribution in [3.05, 3.63) is 101 Å². The number of amides is 1. The zero-order chi connectivity index (χ0) is 19.2. The average molecular weight is 358 g/mol. The molecule has 0 unspecified atom stereocenters. The smallest absolute Gasteiger partial charge is 0.238 e. The van der Waals surface area contributed by atoms with Crippen molar-refractivity contribution in [3.8, 4) is 0 Å². The van der Waals surface area contributed by atoms with Gasteiger partial charge in [-0.25, -0.2) is 0 Å². The summed E-state index contributed by atoms with van der Waals surface area (Å²) in [5.41, 5.74) is 5.41. The van der Waals surface area contributed by atoms with Gasteiger partial charge in [-0.05, 0) is 43.1 Å². The fourth-order valence-corrected chi connectivity index (χ4v) is 3.48. The summed E-state index contributed by atoms with van der Waals surface area (Å²) in [5.74, 6) is -0.00763. The highest BCUT2D eigenvalue weighted by molar-refractivity contribution is 5.93. The minimum Gasteiger partial charge on any atom is -0.324 e. The average Bonchev–Trinajstić information content (AvgIpc) is 2.67. The van der Waals surface area contributed by atoms with Crippen LogP contribution in [0.1, 0.15) is 28.3 Å². The van der Waals surface area contributed by atoms with Crippen LogP contribution in [0.5, 0.6) is 0 Å². The molecule has 0 aliphatic rings. The number of likely N-dealkylation sites (N-methyl/N-ethyl adjacent to an activating group) is 1. The second kappa shape index (κ2) is 8.65. The zero-order valence-electron chi connectivity index (χ0n) is 16.1. The number of carbonyl (C=O) groups excluding carboxylic acids is 1. The standard InChI is InChI=1S/C24H26N2O/c1-18-11-10-12-19(2)23(18)25-22(27)17-26(3)24(20-13-6-4-7-14-20)21-15-8-5-9-16-21/h4-16,24H,17H2,1-3H3,(H,25,27). The monoisotopic (exact) mass is 358 g/mol. The number of anilines is 1. The van der Waals surface area contributed by atoms with Crippen LogP contribution in [0.15, 0.2) is 78.9 Å². The van der Waals surface area contributed by atoms with Gasteiger partial charge < -0.3 is 5.32 Å². The second-order valence-electron chi connectivity index (χ2n) is 6.95. The largest absolute Gasteiger partial charge is 0.324 e. The van der Waals surface area contributed by atoms with Crippen molar-refractivity contribution in [3.63, 3.8) is 0 Å². The van der Waals surface area contributed by atoms with Crippen molar-refractivity contribution < 1.29 is 4.79 Å². The highest BCUT2D eigenvalue weighted by atomic mass is 16.2. The first-order valence-electron chi connectivity index (χ1n) is 9.22. The van der Waals surface area contributed by atoms with Gasteiger partial charge in [0.1, 0.15) is 0 Å². The van der Waals surface area contributed by atoms with Crippen molar-refractivity contribution in [2.45, 2.75) is 19.9 Å². The summed E-state index contributed by atoms with van der Waals surface area (Å²) in [6.07, 6.45) is 0. The first-order valence-corrected chi connectivity index (χ1v) is 9.22. The second-order valence-corrected chi connectivity index (χ2v) is 6.95. The molecule has 0 aromatic heterocycles. The van der Waals surface area contributed by atoms with Crippen LogP contribution in [-0.2, 0) is 4.79 Å². The maximum absolute atomic E-state index is 12.7. The van der Waals surface area contributed by atoms with Gasteiger partial charge >= 0.3 is 0 Å². The molecule has 1 amide bonds. The molecule has 3 rings (SSSR count). The molecule has 0 heterocycles. The van der Waals surface area contributed by atoms with Crippen molar-refractivity contribution in [2.24, 2.45) is 0 Å². The van der Waals surface area contributed by atoms with Crippen LogP contribution in [0, 0.1) is 13.8 Å². The fraction of sp³-hybridized carbons (Fsp3) is 0.208. The van der Waals surface area contributed by atoms with Gasteiger partial charge in [-0.15, -0.1) is 0 Å². The maximum atomic E-state index is 12.7. The molecule has 1 N–H and O–H groups in total. The zero-order valence-corrected chi connectivity index (χ0v) is 16.1. The molecule has 0 radical (unpaired) electrons. The van der Waals surface area contributed by atoms with Crippen LogP contribution in [0.2, 0.25) is 0 Å². The van der Waals surface area contributed by atoms with E-state index >= 15 is 0 Å². The third-order valence-corrected chi connectivity index (χ3v) is 4.81. The summed E-state index contributed by atoms with van der Waals surface area (Å²) in [7, 11) is 1.99. The lowest BCUT2D eigenvalue weighted by atomic mass is 9.97. The molecule has 0 saturated carbocycles. The third kappa shape index (κ3) is 4.63. The van der Waals surface area contributed by atoms with E-state index in [1.807, 2.05) is 75.5 Å². The molecule has 0 saturated heterocycles. The number of para-hydroxylation sites is 1. The summed E-state index contributed by atoms with van der Waals surface area (Å²) in [4.78, 5) is 14.8. The minimum atomic E-state index is -0.00763. The topological polar surface area (TPSA) is 32.3 Å². The van der Waals surface area contributed by atoms with E-state index in [9.17, 15) is 4.79 Å². The lowest BCUT2D eigenvalue weighted by Gasteiger charge is -2.28. The van der Waals surface area contributed by atoms with Gasteiger partial charge in [-0.1, -0.05) is 78.9 Å². The summed E-state index contributed by atoms with van der Waals surface area (Å²) >= 11 is 0. The number of nitrogens with zero attached hydrogens (tertiary/aromatic N) is 1. The number of nitrogens with one attached hydrogen (secondary N) is 1. The Labute approximate surface area is 161 Å². The summed E-state index contributed by atoms with van der Waals surface area (Å²) in [6, 6.07) is 26.7. The molecule has 138 valence electrons. The summed E-state index contributed by atoms with van der Waals surface area (Å²) in [6.45, 7) is 4.34. The number of hydrogen-bond donors (Lipinski definition) is 1. The Bertz CT molecular complexity index is 831. The molecule has 0 aliphatic carbocycles. The van der Waals surface area contributed by atoms with E-state index in [4.69, 9.17) is 0 Å². The van der Waals surface area contributed by atoms with Crippen LogP contribution >= 0.6 is 0 Å². The first-order chi connectivity index (χ1) is 13.1. The minimum absolute atomic E-state index is 0.00763. The van der Waals surface area contributed by atoms with Crippen molar-refractivity contribution >= 4 is 11.6 Å². The van der Waals surface area contributed by atoms with E-state index in [0.717, 1.165) is 16.8 Å². The van der Waals surface area contributed by atoms with Crippen LogP contribution in [0.4, 0.5) is 5.69 Å². The Hall–Kier alpha value is -2.91. The molecule has 0 bridgehead atoms. The highest BCUT2D eigenvalue weighted by Crippen LogP contribution is 2.27. The van der Waals surface area contributed by atoms with E-state index in [-0.39, 0.29) is 11.9 Å². The number of carbonyl (C=O) groups is 1.